The third-order valence-corrected chi connectivity index (χ3v) is 2.92. The van der Waals surface area contributed by atoms with E-state index in [1.807, 2.05) is 0 Å². The molecule has 6 N–H and O–H groups in total. The molecule has 0 bridgehead atoms. The zero-order chi connectivity index (χ0) is 15.0. The standard InChI is InChI=1S/C14H22N4O2/c1-2-3-6-12(9-15)17-13(19)10-5-4-7-11(8-10)18-14(16)20/h4-5,7-8,12H,2-3,6,9,15H2,1H3,(H,17,19)(H3,16,18,20). The molecule has 0 fully saturated rings. The van der Waals surface area contributed by atoms with Crippen molar-refractivity contribution >= 4 is 17.6 Å². The third-order valence-electron chi connectivity index (χ3n) is 2.92. The summed E-state index contributed by atoms with van der Waals surface area (Å²) in [5.74, 6) is -0.204. The highest BCUT2D eigenvalue weighted by atomic mass is 16.2. The predicted molar refractivity (Wildman–Crippen MR) is 79.5 cm³/mol. The molecule has 0 radical (unpaired) electrons. The van der Waals surface area contributed by atoms with Crippen LogP contribution in [0.25, 0.3) is 0 Å². The number of primary amides is 1. The van der Waals surface area contributed by atoms with Crippen molar-refractivity contribution in [3.05, 3.63) is 29.8 Å². The van der Waals surface area contributed by atoms with Crippen molar-refractivity contribution in [2.24, 2.45) is 11.5 Å². The van der Waals surface area contributed by atoms with Crippen LogP contribution >= 0.6 is 0 Å². The largest absolute Gasteiger partial charge is 0.351 e. The Kier molecular flexibility index (Phi) is 6.52. The van der Waals surface area contributed by atoms with Gasteiger partial charge in [0.1, 0.15) is 0 Å². The van der Waals surface area contributed by atoms with Crippen molar-refractivity contribution < 1.29 is 9.59 Å². The number of nitrogens with two attached hydrogens (primary N) is 2. The Labute approximate surface area is 118 Å². The fourth-order valence-corrected chi connectivity index (χ4v) is 1.85. The molecule has 1 rings (SSSR count). The summed E-state index contributed by atoms with van der Waals surface area (Å²) < 4.78 is 0. The van der Waals surface area contributed by atoms with E-state index in [4.69, 9.17) is 11.5 Å². The van der Waals surface area contributed by atoms with Gasteiger partial charge in [-0.05, 0) is 24.6 Å². The number of unbranched alkanes of at least 4 members (excludes halogenated alkanes) is 1. The molecule has 1 atom stereocenters. The molecule has 1 aromatic carbocycles. The summed E-state index contributed by atoms with van der Waals surface area (Å²) in [5.41, 5.74) is 11.6. The number of rotatable bonds is 7. The zero-order valence-electron chi connectivity index (χ0n) is 11.7. The molecule has 0 aromatic heterocycles. The SMILES string of the molecule is CCCCC(CN)NC(=O)c1cccc(NC(N)=O)c1. The van der Waals surface area contributed by atoms with Gasteiger partial charge in [-0.3, -0.25) is 4.79 Å². The summed E-state index contributed by atoms with van der Waals surface area (Å²) in [4.78, 5) is 22.9. The highest BCUT2D eigenvalue weighted by Gasteiger charge is 2.12. The number of amides is 3. The zero-order valence-corrected chi connectivity index (χ0v) is 11.7. The smallest absolute Gasteiger partial charge is 0.316 e. The van der Waals surface area contributed by atoms with E-state index >= 15 is 0 Å². The maximum atomic E-state index is 12.1. The first kappa shape index (κ1) is 16.0. The normalized spacial score (nSPS) is 11.7. The van der Waals surface area contributed by atoms with Crippen molar-refractivity contribution in [2.75, 3.05) is 11.9 Å². The highest BCUT2D eigenvalue weighted by Crippen LogP contribution is 2.11. The van der Waals surface area contributed by atoms with Gasteiger partial charge in [-0.2, -0.15) is 0 Å². The van der Waals surface area contributed by atoms with Crippen molar-refractivity contribution in [2.45, 2.75) is 32.2 Å². The number of carbonyl (C=O) groups is 2. The molecule has 6 nitrogen and oxygen atoms in total. The lowest BCUT2D eigenvalue weighted by atomic mass is 10.1. The summed E-state index contributed by atoms with van der Waals surface area (Å²) >= 11 is 0. The van der Waals surface area contributed by atoms with Crippen LogP contribution in [-0.2, 0) is 0 Å². The van der Waals surface area contributed by atoms with Gasteiger partial charge in [0.05, 0.1) is 0 Å². The van der Waals surface area contributed by atoms with Crippen LogP contribution in [0.4, 0.5) is 10.5 Å². The fraction of sp³-hybridized carbons (Fsp3) is 0.429. The molecule has 1 aromatic rings. The molecule has 0 saturated carbocycles. The van der Waals surface area contributed by atoms with Gasteiger partial charge in [0.15, 0.2) is 0 Å². The quantitative estimate of drug-likeness (QED) is 0.605. The first-order valence-corrected chi connectivity index (χ1v) is 6.74. The second-order valence-corrected chi connectivity index (χ2v) is 4.62. The molecule has 20 heavy (non-hydrogen) atoms. The number of hydrogen-bond acceptors (Lipinski definition) is 3. The van der Waals surface area contributed by atoms with Crippen molar-refractivity contribution in [3.8, 4) is 0 Å². The Morgan fingerprint density at radius 2 is 2.10 bits per heavy atom. The molecule has 0 heterocycles. The van der Waals surface area contributed by atoms with E-state index in [0.717, 1.165) is 19.3 Å². The lowest BCUT2D eigenvalue weighted by Gasteiger charge is -2.16. The van der Waals surface area contributed by atoms with E-state index in [0.29, 0.717) is 17.8 Å². The number of carbonyl (C=O) groups excluding carboxylic acids is 2. The minimum absolute atomic E-state index is 0.0322. The van der Waals surface area contributed by atoms with Gasteiger partial charge in [0.2, 0.25) is 0 Å². The molecule has 0 aliphatic carbocycles. The van der Waals surface area contributed by atoms with Crippen LogP contribution in [0.2, 0.25) is 0 Å². The number of urea groups is 1. The Morgan fingerprint density at radius 1 is 1.35 bits per heavy atom. The summed E-state index contributed by atoms with van der Waals surface area (Å²) in [6.07, 6.45) is 2.94. The van der Waals surface area contributed by atoms with E-state index in [-0.39, 0.29) is 11.9 Å². The van der Waals surface area contributed by atoms with Gasteiger partial charge < -0.3 is 22.1 Å². The topological polar surface area (TPSA) is 110 Å². The van der Waals surface area contributed by atoms with E-state index in [1.54, 1.807) is 24.3 Å². The van der Waals surface area contributed by atoms with Crippen LogP contribution in [0.15, 0.2) is 24.3 Å². The maximum Gasteiger partial charge on any atom is 0.316 e. The van der Waals surface area contributed by atoms with E-state index in [9.17, 15) is 9.59 Å². The van der Waals surface area contributed by atoms with Gasteiger partial charge in [0.25, 0.3) is 5.91 Å². The van der Waals surface area contributed by atoms with Gasteiger partial charge in [0, 0.05) is 23.8 Å². The number of nitrogens with one attached hydrogen (secondary N) is 2. The van der Waals surface area contributed by atoms with E-state index in [1.165, 1.54) is 0 Å². The first-order valence-electron chi connectivity index (χ1n) is 6.74. The first-order chi connectivity index (χ1) is 9.56. The summed E-state index contributed by atoms with van der Waals surface area (Å²) in [5, 5.41) is 5.33. The van der Waals surface area contributed by atoms with Gasteiger partial charge in [-0.25, -0.2) is 4.79 Å². The molecule has 0 aliphatic heterocycles. The third kappa shape index (κ3) is 5.27. The summed E-state index contributed by atoms with van der Waals surface area (Å²) in [6, 6.07) is 5.91. The minimum Gasteiger partial charge on any atom is -0.351 e. The lowest BCUT2D eigenvalue weighted by Crippen LogP contribution is -2.40. The predicted octanol–water partition coefficient (Wildman–Crippen LogP) is 1.42. The summed E-state index contributed by atoms with van der Waals surface area (Å²) in [7, 11) is 0. The van der Waals surface area contributed by atoms with Crippen LogP contribution in [0.3, 0.4) is 0 Å². The monoisotopic (exact) mass is 278 g/mol. The van der Waals surface area contributed by atoms with Crippen molar-refractivity contribution in [3.63, 3.8) is 0 Å². The lowest BCUT2D eigenvalue weighted by molar-refractivity contribution is 0.0935. The second kappa shape index (κ2) is 8.16. The van der Waals surface area contributed by atoms with Gasteiger partial charge in [-0.15, -0.1) is 0 Å². The van der Waals surface area contributed by atoms with Gasteiger partial charge in [-0.1, -0.05) is 25.8 Å². The van der Waals surface area contributed by atoms with Crippen molar-refractivity contribution in [1.82, 2.24) is 5.32 Å². The molecule has 0 spiro atoms. The van der Waals surface area contributed by atoms with E-state index in [2.05, 4.69) is 17.6 Å². The Morgan fingerprint density at radius 3 is 2.70 bits per heavy atom. The average Bonchev–Trinajstić information content (AvgIpc) is 2.42. The highest BCUT2D eigenvalue weighted by molar-refractivity contribution is 5.96. The molecule has 110 valence electrons. The second-order valence-electron chi connectivity index (χ2n) is 4.62. The minimum atomic E-state index is -0.662. The maximum absolute atomic E-state index is 12.1. The van der Waals surface area contributed by atoms with Crippen LogP contribution in [0.1, 0.15) is 36.5 Å². The van der Waals surface area contributed by atoms with Gasteiger partial charge >= 0.3 is 6.03 Å². The van der Waals surface area contributed by atoms with Crippen LogP contribution in [0, 0.1) is 0 Å². The van der Waals surface area contributed by atoms with Crippen molar-refractivity contribution in [1.29, 1.82) is 0 Å². The molecular weight excluding hydrogens is 256 g/mol. The average molecular weight is 278 g/mol. The Bertz CT molecular complexity index is 462. The fourth-order valence-electron chi connectivity index (χ4n) is 1.85. The number of anilines is 1. The molecular formula is C14H22N4O2. The Hall–Kier alpha value is -2.08. The van der Waals surface area contributed by atoms with E-state index < -0.39 is 6.03 Å². The number of hydrogen-bond donors (Lipinski definition) is 4. The molecule has 3 amide bonds. The summed E-state index contributed by atoms with van der Waals surface area (Å²) in [6.45, 7) is 2.50. The van der Waals surface area contributed by atoms with Crippen LogP contribution in [0.5, 0.6) is 0 Å². The molecule has 0 aliphatic rings. The Balaban J connectivity index is 2.68. The van der Waals surface area contributed by atoms with Crippen LogP contribution in [-0.4, -0.2) is 24.5 Å². The number of benzene rings is 1. The molecule has 6 heteroatoms. The molecule has 0 saturated heterocycles. The molecule has 1 unspecified atom stereocenters. The van der Waals surface area contributed by atoms with Crippen LogP contribution < -0.4 is 22.1 Å².